The molecule has 1 aliphatic rings. The van der Waals surface area contributed by atoms with Gasteiger partial charge in [-0.1, -0.05) is 19.1 Å². The Labute approximate surface area is 120 Å². The van der Waals surface area contributed by atoms with Crippen LogP contribution in [0.1, 0.15) is 37.7 Å². The monoisotopic (exact) mass is 299 g/mol. The highest BCUT2D eigenvalue weighted by molar-refractivity contribution is 7.91. The molecule has 1 N–H and O–H groups in total. The Kier molecular flexibility index (Phi) is 5.16. The van der Waals surface area contributed by atoms with Crippen molar-refractivity contribution in [3.05, 3.63) is 35.6 Å². The number of nitrogens with one attached hydrogen (secondary N) is 1. The van der Waals surface area contributed by atoms with Gasteiger partial charge in [0, 0.05) is 18.3 Å². The van der Waals surface area contributed by atoms with Crippen molar-refractivity contribution in [1.29, 1.82) is 0 Å². The summed E-state index contributed by atoms with van der Waals surface area (Å²) in [4.78, 5) is 0. The van der Waals surface area contributed by atoms with Crippen molar-refractivity contribution in [2.75, 3.05) is 18.1 Å². The van der Waals surface area contributed by atoms with Crippen LogP contribution in [0, 0.1) is 5.82 Å². The number of hydrogen-bond donors (Lipinski definition) is 1. The summed E-state index contributed by atoms with van der Waals surface area (Å²) in [6.07, 6.45) is 2.98. The van der Waals surface area contributed by atoms with E-state index in [-0.39, 0.29) is 23.2 Å². The molecule has 1 fully saturated rings. The van der Waals surface area contributed by atoms with E-state index in [1.54, 1.807) is 19.1 Å². The lowest BCUT2D eigenvalue weighted by atomic mass is 9.96. The van der Waals surface area contributed by atoms with Gasteiger partial charge in [-0.05, 0) is 42.9 Å². The predicted molar refractivity (Wildman–Crippen MR) is 79.1 cm³/mol. The molecular weight excluding hydrogens is 277 g/mol. The third-order valence-corrected chi connectivity index (χ3v) is 5.53. The fraction of sp³-hybridized carbons (Fsp3) is 0.600. The lowest BCUT2D eigenvalue weighted by Crippen LogP contribution is -2.25. The Morgan fingerprint density at radius 2 is 1.95 bits per heavy atom. The molecule has 1 unspecified atom stereocenters. The molecule has 1 atom stereocenters. The van der Waals surface area contributed by atoms with Crippen LogP contribution in [0.2, 0.25) is 0 Å². The van der Waals surface area contributed by atoms with E-state index in [2.05, 4.69) is 5.32 Å². The molecule has 0 heterocycles. The summed E-state index contributed by atoms with van der Waals surface area (Å²) in [6.45, 7) is 2.43. The van der Waals surface area contributed by atoms with Gasteiger partial charge in [0.1, 0.15) is 15.7 Å². The molecule has 0 radical (unpaired) electrons. The van der Waals surface area contributed by atoms with Gasteiger partial charge in [-0.15, -0.1) is 0 Å². The maximum atomic E-state index is 13.0. The molecule has 2 rings (SSSR count). The molecule has 3 nitrogen and oxygen atoms in total. The smallest absolute Gasteiger partial charge is 0.150 e. The van der Waals surface area contributed by atoms with Crippen molar-refractivity contribution >= 4 is 9.84 Å². The molecule has 0 aliphatic heterocycles. The van der Waals surface area contributed by atoms with Gasteiger partial charge in [0.25, 0.3) is 0 Å². The van der Waals surface area contributed by atoms with Crippen LogP contribution in [0.25, 0.3) is 0 Å². The van der Waals surface area contributed by atoms with Gasteiger partial charge in [-0.25, -0.2) is 12.8 Å². The zero-order valence-corrected chi connectivity index (χ0v) is 12.6. The van der Waals surface area contributed by atoms with Crippen molar-refractivity contribution in [2.45, 2.75) is 38.1 Å². The van der Waals surface area contributed by atoms with Gasteiger partial charge in [0.05, 0.1) is 5.75 Å². The first-order valence-corrected chi connectivity index (χ1v) is 9.01. The highest BCUT2D eigenvalue weighted by Gasteiger charge is 2.23. The molecular formula is C15H22FNO2S. The van der Waals surface area contributed by atoms with Gasteiger partial charge in [0.2, 0.25) is 0 Å². The second-order valence-electron chi connectivity index (χ2n) is 5.46. The minimum atomic E-state index is -2.96. The highest BCUT2D eigenvalue weighted by Crippen LogP contribution is 2.24. The van der Waals surface area contributed by atoms with Gasteiger partial charge in [0.15, 0.2) is 0 Å². The van der Waals surface area contributed by atoms with Gasteiger partial charge < -0.3 is 5.32 Å². The SMILES string of the molecule is CCS(=O)(=O)CCC(CNC1CC1)c1ccc(F)cc1. The standard InChI is InChI=1S/C15H22FNO2S/c1-2-20(18,19)10-9-13(11-17-15-7-8-15)12-3-5-14(16)6-4-12/h3-6,13,15,17H,2,7-11H2,1H3. The predicted octanol–water partition coefficient (Wildman–Crippen LogP) is 2.49. The first-order valence-electron chi connectivity index (χ1n) is 7.19. The van der Waals surface area contributed by atoms with Gasteiger partial charge in [-0.2, -0.15) is 0 Å². The van der Waals surface area contributed by atoms with E-state index in [4.69, 9.17) is 0 Å². The molecule has 0 amide bonds. The van der Waals surface area contributed by atoms with Crippen molar-refractivity contribution in [1.82, 2.24) is 5.32 Å². The third kappa shape index (κ3) is 4.87. The molecule has 0 aromatic heterocycles. The second-order valence-corrected chi connectivity index (χ2v) is 7.93. The number of rotatable bonds is 8. The van der Waals surface area contributed by atoms with Crippen molar-refractivity contribution in [3.8, 4) is 0 Å². The molecule has 1 saturated carbocycles. The van der Waals surface area contributed by atoms with Crippen LogP contribution in [-0.2, 0) is 9.84 Å². The lowest BCUT2D eigenvalue weighted by molar-refractivity contribution is 0.553. The molecule has 112 valence electrons. The van der Waals surface area contributed by atoms with E-state index < -0.39 is 9.84 Å². The van der Waals surface area contributed by atoms with E-state index in [1.807, 2.05) is 0 Å². The van der Waals surface area contributed by atoms with Crippen molar-refractivity contribution < 1.29 is 12.8 Å². The molecule has 20 heavy (non-hydrogen) atoms. The van der Waals surface area contributed by atoms with Crippen LogP contribution in [-0.4, -0.2) is 32.5 Å². The van der Waals surface area contributed by atoms with Crippen LogP contribution in [0.4, 0.5) is 4.39 Å². The fourth-order valence-electron chi connectivity index (χ4n) is 2.18. The lowest BCUT2D eigenvalue weighted by Gasteiger charge is -2.18. The number of sulfone groups is 1. The minimum Gasteiger partial charge on any atom is -0.313 e. The van der Waals surface area contributed by atoms with Crippen LogP contribution >= 0.6 is 0 Å². The highest BCUT2D eigenvalue weighted by atomic mass is 32.2. The molecule has 1 aromatic rings. The number of halogens is 1. The summed E-state index contributed by atoms with van der Waals surface area (Å²) in [5, 5.41) is 3.44. The van der Waals surface area contributed by atoms with Crippen molar-refractivity contribution in [3.63, 3.8) is 0 Å². The summed E-state index contributed by atoms with van der Waals surface area (Å²) in [7, 11) is -2.96. The van der Waals surface area contributed by atoms with Crippen LogP contribution in [0.15, 0.2) is 24.3 Å². The summed E-state index contributed by atoms with van der Waals surface area (Å²) < 4.78 is 36.3. The second kappa shape index (κ2) is 6.68. The van der Waals surface area contributed by atoms with E-state index in [0.29, 0.717) is 12.5 Å². The van der Waals surface area contributed by atoms with E-state index >= 15 is 0 Å². The molecule has 0 saturated heterocycles. The Balaban J connectivity index is 2.00. The van der Waals surface area contributed by atoms with E-state index in [0.717, 1.165) is 12.1 Å². The molecule has 0 bridgehead atoms. The molecule has 0 spiro atoms. The summed E-state index contributed by atoms with van der Waals surface area (Å²) in [5.74, 6) is 0.234. The first-order chi connectivity index (χ1) is 9.50. The number of hydrogen-bond acceptors (Lipinski definition) is 3. The van der Waals surface area contributed by atoms with E-state index in [1.165, 1.54) is 25.0 Å². The number of benzene rings is 1. The maximum Gasteiger partial charge on any atom is 0.150 e. The zero-order valence-electron chi connectivity index (χ0n) is 11.8. The summed E-state index contributed by atoms with van der Waals surface area (Å²) >= 11 is 0. The quantitative estimate of drug-likeness (QED) is 0.802. The summed E-state index contributed by atoms with van der Waals surface area (Å²) in [5.41, 5.74) is 1.01. The molecule has 1 aromatic carbocycles. The maximum absolute atomic E-state index is 13.0. The Morgan fingerprint density at radius 3 is 2.50 bits per heavy atom. The fourth-order valence-corrected chi connectivity index (χ4v) is 3.12. The molecule has 1 aliphatic carbocycles. The van der Waals surface area contributed by atoms with Crippen LogP contribution in [0.5, 0.6) is 0 Å². The van der Waals surface area contributed by atoms with Crippen LogP contribution in [0.3, 0.4) is 0 Å². The normalized spacial score (nSPS) is 17.1. The largest absolute Gasteiger partial charge is 0.313 e. The van der Waals surface area contributed by atoms with Crippen LogP contribution < -0.4 is 5.32 Å². The Hall–Kier alpha value is -0.940. The Bertz CT molecular complexity index is 523. The van der Waals surface area contributed by atoms with Crippen molar-refractivity contribution in [2.24, 2.45) is 0 Å². The van der Waals surface area contributed by atoms with Gasteiger partial charge >= 0.3 is 0 Å². The topological polar surface area (TPSA) is 46.2 Å². The Morgan fingerprint density at radius 1 is 1.30 bits per heavy atom. The average Bonchev–Trinajstić information content (AvgIpc) is 3.24. The average molecular weight is 299 g/mol. The minimum absolute atomic E-state index is 0.123. The first kappa shape index (κ1) is 15.4. The molecule has 5 heteroatoms. The summed E-state index contributed by atoms with van der Waals surface area (Å²) in [6, 6.07) is 6.97. The van der Waals surface area contributed by atoms with Gasteiger partial charge in [-0.3, -0.25) is 0 Å². The zero-order chi connectivity index (χ0) is 14.6. The third-order valence-electron chi connectivity index (χ3n) is 3.79. The van der Waals surface area contributed by atoms with E-state index in [9.17, 15) is 12.8 Å².